The van der Waals surface area contributed by atoms with Gasteiger partial charge in [-0.2, -0.15) is 13.2 Å². The first kappa shape index (κ1) is 22.8. The molecule has 0 unspecified atom stereocenters. The summed E-state index contributed by atoms with van der Waals surface area (Å²) in [5.74, 6) is -3.01. The highest BCUT2D eigenvalue weighted by Crippen LogP contribution is 2.34. The third-order valence-electron chi connectivity index (χ3n) is 5.39. The van der Waals surface area contributed by atoms with Crippen molar-refractivity contribution in [2.75, 3.05) is 24.6 Å². The van der Waals surface area contributed by atoms with Crippen LogP contribution < -0.4 is 4.90 Å². The van der Waals surface area contributed by atoms with Gasteiger partial charge in [0.05, 0.1) is 23.6 Å². The zero-order valence-corrected chi connectivity index (χ0v) is 17.7. The van der Waals surface area contributed by atoms with E-state index in [9.17, 15) is 36.0 Å². The summed E-state index contributed by atoms with van der Waals surface area (Å²) in [5.41, 5.74) is -0.880. The van der Waals surface area contributed by atoms with E-state index in [4.69, 9.17) is 4.74 Å². The van der Waals surface area contributed by atoms with Gasteiger partial charge in [0, 0.05) is 18.7 Å². The number of carbonyl (C=O) groups is 3. The SMILES string of the molecule is O=C(OCCN1C(=O)c2ccccc2S1(=O)=O)[C@@H]1CC(=O)N(c2cccc(C(F)(F)F)c2)C1. The quantitative estimate of drug-likeness (QED) is 0.607. The molecule has 4 rings (SSSR count). The molecule has 0 spiro atoms. The van der Waals surface area contributed by atoms with Gasteiger partial charge >= 0.3 is 12.1 Å². The van der Waals surface area contributed by atoms with Gasteiger partial charge in [-0.25, -0.2) is 12.7 Å². The molecule has 12 heteroatoms. The lowest BCUT2D eigenvalue weighted by molar-refractivity contribution is -0.148. The van der Waals surface area contributed by atoms with Crippen LogP contribution in [-0.4, -0.2) is 50.2 Å². The molecule has 2 amide bonds. The standard InChI is InChI=1S/C21H17F3N2O6S/c22-21(23,24)14-4-3-5-15(11-14)25-12-13(10-18(25)27)20(29)32-9-8-26-19(28)16-6-1-2-7-17(16)33(26,30)31/h1-7,11,13H,8-10,12H2/t13-/m1/s1. The lowest BCUT2D eigenvalue weighted by Crippen LogP contribution is -2.34. The second kappa shape index (κ2) is 8.18. The number of fused-ring (bicyclic) bond motifs is 1. The van der Waals surface area contributed by atoms with Gasteiger partial charge in [0.15, 0.2) is 0 Å². The molecule has 2 aliphatic heterocycles. The molecular weight excluding hydrogens is 465 g/mol. The summed E-state index contributed by atoms with van der Waals surface area (Å²) >= 11 is 0. The Balaban J connectivity index is 1.37. The second-order valence-electron chi connectivity index (χ2n) is 7.50. The van der Waals surface area contributed by atoms with Gasteiger partial charge in [0.25, 0.3) is 15.9 Å². The van der Waals surface area contributed by atoms with E-state index in [-0.39, 0.29) is 29.1 Å². The van der Waals surface area contributed by atoms with E-state index in [1.165, 1.54) is 36.4 Å². The average molecular weight is 482 g/mol. The maximum absolute atomic E-state index is 12.9. The molecule has 0 bridgehead atoms. The van der Waals surface area contributed by atoms with Crippen LogP contribution in [0.2, 0.25) is 0 Å². The summed E-state index contributed by atoms with van der Waals surface area (Å²) in [7, 11) is -4.04. The van der Waals surface area contributed by atoms with Crippen molar-refractivity contribution in [3.63, 3.8) is 0 Å². The number of halogens is 3. The topological polar surface area (TPSA) is 101 Å². The minimum absolute atomic E-state index is 0.0108. The van der Waals surface area contributed by atoms with Crippen molar-refractivity contribution in [2.24, 2.45) is 5.92 Å². The van der Waals surface area contributed by atoms with E-state index in [2.05, 4.69) is 0 Å². The highest BCUT2D eigenvalue weighted by atomic mass is 32.2. The molecule has 0 N–H and O–H groups in total. The fraction of sp³-hybridized carbons (Fsp3) is 0.286. The molecule has 1 saturated heterocycles. The van der Waals surface area contributed by atoms with Crippen LogP contribution in [-0.2, 0) is 30.5 Å². The predicted molar refractivity (Wildman–Crippen MR) is 108 cm³/mol. The van der Waals surface area contributed by atoms with Gasteiger partial charge in [-0.15, -0.1) is 0 Å². The molecule has 2 heterocycles. The number of carbonyl (C=O) groups excluding carboxylic acids is 3. The largest absolute Gasteiger partial charge is 0.463 e. The van der Waals surface area contributed by atoms with Crippen molar-refractivity contribution in [2.45, 2.75) is 17.5 Å². The molecule has 0 saturated carbocycles. The van der Waals surface area contributed by atoms with Crippen LogP contribution in [0.25, 0.3) is 0 Å². The smallest absolute Gasteiger partial charge is 0.416 e. The summed E-state index contributed by atoms with van der Waals surface area (Å²) in [5, 5.41) is 0. The van der Waals surface area contributed by atoms with Crippen molar-refractivity contribution in [3.8, 4) is 0 Å². The fourth-order valence-corrected chi connectivity index (χ4v) is 5.32. The molecule has 8 nitrogen and oxygen atoms in total. The first-order valence-corrected chi connectivity index (χ1v) is 11.2. The highest BCUT2D eigenvalue weighted by molar-refractivity contribution is 7.90. The summed E-state index contributed by atoms with van der Waals surface area (Å²) in [6, 6.07) is 9.91. The van der Waals surface area contributed by atoms with Crippen LogP contribution in [0, 0.1) is 5.92 Å². The van der Waals surface area contributed by atoms with Gasteiger partial charge in [0.2, 0.25) is 5.91 Å². The number of sulfonamides is 1. The lowest BCUT2D eigenvalue weighted by Gasteiger charge is -2.18. The highest BCUT2D eigenvalue weighted by Gasteiger charge is 2.41. The van der Waals surface area contributed by atoms with E-state index in [1.54, 1.807) is 0 Å². The van der Waals surface area contributed by atoms with Crippen LogP contribution in [0.5, 0.6) is 0 Å². The van der Waals surface area contributed by atoms with Crippen molar-refractivity contribution in [3.05, 3.63) is 59.7 Å². The van der Waals surface area contributed by atoms with Crippen LogP contribution in [0.4, 0.5) is 18.9 Å². The van der Waals surface area contributed by atoms with Gasteiger partial charge < -0.3 is 9.64 Å². The number of alkyl halides is 3. The average Bonchev–Trinajstić information content (AvgIpc) is 3.25. The minimum Gasteiger partial charge on any atom is -0.463 e. The van der Waals surface area contributed by atoms with Crippen LogP contribution in [0.15, 0.2) is 53.4 Å². The van der Waals surface area contributed by atoms with E-state index in [0.29, 0.717) is 4.31 Å². The Hall–Kier alpha value is -3.41. The Labute approximate surface area is 186 Å². The Morgan fingerprint density at radius 1 is 1.09 bits per heavy atom. The number of esters is 1. The van der Waals surface area contributed by atoms with Gasteiger partial charge in [0.1, 0.15) is 11.5 Å². The molecule has 0 radical (unpaired) electrons. The van der Waals surface area contributed by atoms with Gasteiger partial charge in [-0.1, -0.05) is 18.2 Å². The third-order valence-corrected chi connectivity index (χ3v) is 7.23. The Morgan fingerprint density at radius 2 is 1.82 bits per heavy atom. The Morgan fingerprint density at radius 3 is 2.52 bits per heavy atom. The maximum atomic E-state index is 12.9. The number of hydrogen-bond donors (Lipinski definition) is 0. The van der Waals surface area contributed by atoms with Crippen molar-refractivity contribution in [1.29, 1.82) is 0 Å². The molecule has 1 atom stereocenters. The molecule has 2 aliphatic rings. The first-order chi connectivity index (χ1) is 15.5. The van der Waals surface area contributed by atoms with Crippen LogP contribution >= 0.6 is 0 Å². The van der Waals surface area contributed by atoms with Crippen molar-refractivity contribution in [1.82, 2.24) is 4.31 Å². The number of rotatable bonds is 5. The first-order valence-electron chi connectivity index (χ1n) is 9.80. The molecule has 33 heavy (non-hydrogen) atoms. The van der Waals surface area contributed by atoms with E-state index in [0.717, 1.165) is 17.0 Å². The molecule has 1 fully saturated rings. The monoisotopic (exact) mass is 482 g/mol. The normalized spacial score (nSPS) is 19.7. The number of ether oxygens (including phenoxy) is 1. The Kier molecular flexibility index (Phi) is 5.64. The van der Waals surface area contributed by atoms with Crippen molar-refractivity contribution >= 4 is 33.5 Å². The zero-order valence-electron chi connectivity index (χ0n) is 16.9. The number of amides is 2. The number of benzene rings is 2. The minimum atomic E-state index is -4.58. The van der Waals surface area contributed by atoms with Crippen LogP contribution in [0.3, 0.4) is 0 Å². The van der Waals surface area contributed by atoms with E-state index < -0.39 is 58.6 Å². The van der Waals surface area contributed by atoms with Gasteiger partial charge in [-0.3, -0.25) is 14.4 Å². The zero-order chi connectivity index (χ0) is 24.0. The molecule has 2 aromatic rings. The second-order valence-corrected chi connectivity index (χ2v) is 9.33. The number of hydrogen-bond acceptors (Lipinski definition) is 6. The Bertz CT molecular complexity index is 1240. The van der Waals surface area contributed by atoms with E-state index in [1.807, 2.05) is 0 Å². The summed E-state index contributed by atoms with van der Waals surface area (Å²) in [6.45, 7) is -1.00. The molecule has 0 aromatic heterocycles. The summed E-state index contributed by atoms with van der Waals surface area (Å²) in [6.07, 6.45) is -4.84. The predicted octanol–water partition coefficient (Wildman–Crippen LogP) is 2.45. The van der Waals surface area contributed by atoms with Gasteiger partial charge in [-0.05, 0) is 30.3 Å². The number of anilines is 1. The van der Waals surface area contributed by atoms with E-state index >= 15 is 0 Å². The summed E-state index contributed by atoms with van der Waals surface area (Å²) in [4.78, 5) is 38.0. The maximum Gasteiger partial charge on any atom is 0.416 e. The molecule has 174 valence electrons. The van der Waals surface area contributed by atoms with Crippen LogP contribution in [0.1, 0.15) is 22.3 Å². The number of nitrogens with zero attached hydrogens (tertiary/aromatic N) is 2. The fourth-order valence-electron chi connectivity index (χ4n) is 3.76. The lowest BCUT2D eigenvalue weighted by atomic mass is 10.1. The molecule has 2 aromatic carbocycles. The molecule has 0 aliphatic carbocycles. The summed E-state index contributed by atoms with van der Waals surface area (Å²) < 4.78 is 69.5. The third kappa shape index (κ3) is 4.17. The van der Waals surface area contributed by atoms with Crippen molar-refractivity contribution < 1.29 is 40.7 Å². The molecular formula is C21H17F3N2O6S.